The van der Waals surface area contributed by atoms with Gasteiger partial charge in [-0.2, -0.15) is 0 Å². The number of anilines is 1. The summed E-state index contributed by atoms with van der Waals surface area (Å²) in [5, 5.41) is 0.871. The maximum atomic E-state index is 13.4. The van der Waals surface area contributed by atoms with Gasteiger partial charge in [0.1, 0.15) is 10.8 Å². The number of halogens is 2. The number of hydrogen-bond donors (Lipinski definition) is 1. The smallest absolute Gasteiger partial charge is 0.142 e. The summed E-state index contributed by atoms with van der Waals surface area (Å²) in [7, 11) is 0. The van der Waals surface area contributed by atoms with Crippen LogP contribution >= 0.6 is 22.9 Å². The highest BCUT2D eigenvalue weighted by atomic mass is 35.5. The van der Waals surface area contributed by atoms with Crippen LogP contribution in [0.3, 0.4) is 0 Å². The standard InChI is InChI=1S/C13H8ClFN2S/c14-9-3-1-7(5-10(9)15)13-17-11-4-2-8(16)6-12(11)18-13/h1-6H,16H2. The van der Waals surface area contributed by atoms with Gasteiger partial charge in [0.2, 0.25) is 0 Å². The molecule has 2 nitrogen and oxygen atoms in total. The maximum absolute atomic E-state index is 13.4. The third-order valence-corrected chi connectivity index (χ3v) is 3.95. The number of nitrogens with zero attached hydrogens (tertiary/aromatic N) is 1. The lowest BCUT2D eigenvalue weighted by Gasteiger charge is -1.97. The Kier molecular flexibility index (Phi) is 2.69. The summed E-state index contributed by atoms with van der Waals surface area (Å²) in [6, 6.07) is 10.2. The number of aromatic nitrogens is 1. The van der Waals surface area contributed by atoms with E-state index in [-0.39, 0.29) is 5.02 Å². The summed E-state index contributed by atoms with van der Waals surface area (Å²) < 4.78 is 14.4. The summed E-state index contributed by atoms with van der Waals surface area (Å²) in [5.41, 5.74) is 7.99. The lowest BCUT2D eigenvalue weighted by Crippen LogP contribution is -1.82. The second-order valence-electron chi connectivity index (χ2n) is 3.88. The van der Waals surface area contributed by atoms with Crippen LogP contribution in [-0.2, 0) is 0 Å². The topological polar surface area (TPSA) is 38.9 Å². The average molecular weight is 279 g/mol. The fourth-order valence-corrected chi connectivity index (χ4v) is 2.82. The molecule has 90 valence electrons. The van der Waals surface area contributed by atoms with Gasteiger partial charge >= 0.3 is 0 Å². The van der Waals surface area contributed by atoms with Crippen LogP contribution in [0.15, 0.2) is 36.4 Å². The van der Waals surface area contributed by atoms with Crippen molar-refractivity contribution in [2.45, 2.75) is 0 Å². The van der Waals surface area contributed by atoms with Crippen molar-refractivity contribution in [3.05, 3.63) is 47.2 Å². The molecule has 0 atom stereocenters. The predicted octanol–water partition coefficient (Wildman–Crippen LogP) is 4.34. The zero-order valence-corrected chi connectivity index (χ0v) is 10.7. The molecule has 0 aliphatic heterocycles. The largest absolute Gasteiger partial charge is 0.399 e. The Morgan fingerprint density at radius 2 is 2.00 bits per heavy atom. The van der Waals surface area contributed by atoms with Crippen molar-refractivity contribution in [3.8, 4) is 10.6 Å². The zero-order valence-electron chi connectivity index (χ0n) is 9.15. The van der Waals surface area contributed by atoms with E-state index in [4.69, 9.17) is 17.3 Å². The molecule has 0 spiro atoms. The molecule has 1 heterocycles. The van der Waals surface area contributed by atoms with Crippen molar-refractivity contribution in [2.24, 2.45) is 0 Å². The Labute approximate surface area is 112 Å². The first-order valence-electron chi connectivity index (χ1n) is 5.25. The molecular weight excluding hydrogens is 271 g/mol. The molecule has 0 unspecified atom stereocenters. The molecule has 3 rings (SSSR count). The lowest BCUT2D eigenvalue weighted by molar-refractivity contribution is 0.629. The van der Waals surface area contributed by atoms with E-state index < -0.39 is 5.82 Å². The van der Waals surface area contributed by atoms with Crippen LogP contribution in [0.1, 0.15) is 0 Å². The van der Waals surface area contributed by atoms with E-state index in [0.717, 1.165) is 20.8 Å². The molecule has 0 saturated heterocycles. The molecular formula is C13H8ClFN2S. The summed E-state index contributed by atoms with van der Waals surface area (Å²) >= 11 is 7.14. The normalized spacial score (nSPS) is 11.0. The van der Waals surface area contributed by atoms with Crippen molar-refractivity contribution in [3.63, 3.8) is 0 Å². The summed E-state index contributed by atoms with van der Waals surface area (Å²) in [6.45, 7) is 0. The molecule has 2 N–H and O–H groups in total. The molecule has 0 aliphatic rings. The molecule has 0 aliphatic carbocycles. The highest BCUT2D eigenvalue weighted by molar-refractivity contribution is 7.21. The Morgan fingerprint density at radius 3 is 2.78 bits per heavy atom. The minimum Gasteiger partial charge on any atom is -0.399 e. The zero-order chi connectivity index (χ0) is 12.7. The summed E-state index contributed by atoms with van der Waals surface area (Å²) in [4.78, 5) is 4.45. The van der Waals surface area contributed by atoms with Gasteiger partial charge in [0.25, 0.3) is 0 Å². The van der Waals surface area contributed by atoms with Crippen LogP contribution in [-0.4, -0.2) is 4.98 Å². The van der Waals surface area contributed by atoms with Crippen LogP contribution in [0, 0.1) is 5.82 Å². The molecule has 0 bridgehead atoms. The van der Waals surface area contributed by atoms with Crippen LogP contribution in [0.5, 0.6) is 0 Å². The number of nitrogen functional groups attached to an aromatic ring is 1. The summed E-state index contributed by atoms with van der Waals surface area (Å²) in [5.74, 6) is -0.437. The minimum absolute atomic E-state index is 0.115. The molecule has 0 radical (unpaired) electrons. The first-order valence-corrected chi connectivity index (χ1v) is 6.44. The fourth-order valence-electron chi connectivity index (χ4n) is 1.69. The number of thiazole rings is 1. The summed E-state index contributed by atoms with van der Waals surface area (Å²) in [6.07, 6.45) is 0. The molecule has 0 fully saturated rings. The van der Waals surface area contributed by atoms with Crippen molar-refractivity contribution in [1.82, 2.24) is 4.98 Å². The van der Waals surface area contributed by atoms with E-state index >= 15 is 0 Å². The number of rotatable bonds is 1. The van der Waals surface area contributed by atoms with Gasteiger partial charge in [0, 0.05) is 11.3 Å². The van der Waals surface area contributed by atoms with E-state index in [0.29, 0.717) is 5.69 Å². The molecule has 0 saturated carbocycles. The molecule has 5 heteroatoms. The van der Waals surface area contributed by atoms with Crippen LogP contribution in [0.25, 0.3) is 20.8 Å². The van der Waals surface area contributed by atoms with Crippen molar-refractivity contribution >= 4 is 38.8 Å². The average Bonchev–Trinajstić information content (AvgIpc) is 2.75. The Bertz CT molecular complexity index is 739. The first kappa shape index (κ1) is 11.4. The van der Waals surface area contributed by atoms with E-state index in [9.17, 15) is 4.39 Å². The fraction of sp³-hybridized carbons (Fsp3) is 0. The third kappa shape index (κ3) is 1.94. The van der Waals surface area contributed by atoms with Crippen LogP contribution in [0.2, 0.25) is 5.02 Å². The van der Waals surface area contributed by atoms with Crippen molar-refractivity contribution < 1.29 is 4.39 Å². The predicted molar refractivity (Wildman–Crippen MR) is 74.4 cm³/mol. The van der Waals surface area contributed by atoms with Crippen molar-refractivity contribution in [1.29, 1.82) is 0 Å². The molecule has 3 aromatic rings. The molecule has 18 heavy (non-hydrogen) atoms. The second kappa shape index (κ2) is 4.23. The highest BCUT2D eigenvalue weighted by Gasteiger charge is 2.08. The monoisotopic (exact) mass is 278 g/mol. The number of fused-ring (bicyclic) bond motifs is 1. The maximum Gasteiger partial charge on any atom is 0.142 e. The highest BCUT2D eigenvalue weighted by Crippen LogP contribution is 2.32. The lowest BCUT2D eigenvalue weighted by atomic mass is 10.2. The van der Waals surface area contributed by atoms with Gasteiger partial charge in [-0.1, -0.05) is 17.7 Å². The molecule has 1 aromatic heterocycles. The Morgan fingerprint density at radius 1 is 1.17 bits per heavy atom. The molecule has 2 aromatic carbocycles. The van der Waals surface area contributed by atoms with Gasteiger partial charge in [0.15, 0.2) is 0 Å². The third-order valence-electron chi connectivity index (χ3n) is 2.58. The van der Waals surface area contributed by atoms with Crippen LogP contribution in [0.4, 0.5) is 10.1 Å². The van der Waals surface area contributed by atoms with Crippen molar-refractivity contribution in [2.75, 3.05) is 5.73 Å². The van der Waals surface area contributed by atoms with Gasteiger partial charge in [0.05, 0.1) is 15.2 Å². The van der Waals surface area contributed by atoms with E-state index in [1.165, 1.54) is 23.5 Å². The number of benzene rings is 2. The first-order chi connectivity index (χ1) is 8.63. The molecule has 0 amide bonds. The number of nitrogens with two attached hydrogens (primary N) is 1. The van der Waals surface area contributed by atoms with Crippen LogP contribution < -0.4 is 5.73 Å². The minimum atomic E-state index is -0.437. The van der Waals surface area contributed by atoms with Gasteiger partial charge in [-0.15, -0.1) is 11.3 Å². The second-order valence-corrected chi connectivity index (χ2v) is 5.31. The van der Waals surface area contributed by atoms with Gasteiger partial charge in [-0.3, -0.25) is 0 Å². The Balaban J connectivity index is 2.16. The Hall–Kier alpha value is -1.65. The van der Waals surface area contributed by atoms with Gasteiger partial charge in [-0.25, -0.2) is 9.37 Å². The van der Waals surface area contributed by atoms with E-state index in [2.05, 4.69) is 4.98 Å². The van der Waals surface area contributed by atoms with Gasteiger partial charge in [-0.05, 0) is 30.3 Å². The SMILES string of the molecule is Nc1ccc2nc(-c3ccc(Cl)c(F)c3)sc2c1. The van der Waals surface area contributed by atoms with E-state index in [1.807, 2.05) is 12.1 Å². The number of hydrogen-bond acceptors (Lipinski definition) is 3. The quantitative estimate of drug-likeness (QED) is 0.673. The van der Waals surface area contributed by atoms with Gasteiger partial charge < -0.3 is 5.73 Å². The van der Waals surface area contributed by atoms with E-state index in [1.54, 1.807) is 12.1 Å².